The summed E-state index contributed by atoms with van der Waals surface area (Å²) in [6.45, 7) is 3.81. The standard InChI is InChI=1S/C9H16ClN3O2S/c1-3-9(4-2,6-10)13-16(14,15)8-5-11-7-12-8/h5,7,13H,3-4,6H2,1-2H3,(H,11,12). The summed E-state index contributed by atoms with van der Waals surface area (Å²) in [6, 6.07) is 0. The number of aromatic amines is 1. The maximum absolute atomic E-state index is 11.9. The van der Waals surface area contributed by atoms with Crippen LogP contribution < -0.4 is 4.72 Å². The molecule has 0 aliphatic heterocycles. The van der Waals surface area contributed by atoms with Gasteiger partial charge in [-0.1, -0.05) is 13.8 Å². The first kappa shape index (κ1) is 13.5. The summed E-state index contributed by atoms with van der Waals surface area (Å²) < 4.78 is 26.5. The van der Waals surface area contributed by atoms with Gasteiger partial charge in [0.25, 0.3) is 10.0 Å². The molecule has 0 fully saturated rings. The fourth-order valence-electron chi connectivity index (χ4n) is 1.34. The fourth-order valence-corrected chi connectivity index (χ4v) is 3.31. The first-order valence-corrected chi connectivity index (χ1v) is 7.10. The minimum absolute atomic E-state index is 0.0592. The van der Waals surface area contributed by atoms with Gasteiger partial charge >= 0.3 is 0 Å². The van der Waals surface area contributed by atoms with Crippen LogP contribution in [0.1, 0.15) is 26.7 Å². The van der Waals surface area contributed by atoms with Crippen molar-refractivity contribution in [2.45, 2.75) is 37.3 Å². The Morgan fingerprint density at radius 3 is 2.50 bits per heavy atom. The van der Waals surface area contributed by atoms with Gasteiger partial charge < -0.3 is 4.98 Å². The largest absolute Gasteiger partial charge is 0.335 e. The Labute approximate surface area is 101 Å². The number of halogens is 1. The van der Waals surface area contributed by atoms with Gasteiger partial charge in [-0.05, 0) is 12.8 Å². The second kappa shape index (κ2) is 5.16. The minimum atomic E-state index is -3.56. The van der Waals surface area contributed by atoms with Crippen molar-refractivity contribution in [3.05, 3.63) is 12.5 Å². The molecule has 7 heteroatoms. The van der Waals surface area contributed by atoms with Gasteiger partial charge in [-0.25, -0.2) is 18.1 Å². The Balaban J connectivity index is 2.96. The molecule has 1 rings (SSSR count). The molecule has 2 N–H and O–H groups in total. The molecule has 5 nitrogen and oxygen atoms in total. The summed E-state index contributed by atoms with van der Waals surface area (Å²) in [5.41, 5.74) is -0.592. The van der Waals surface area contributed by atoms with E-state index < -0.39 is 15.6 Å². The average Bonchev–Trinajstić information content (AvgIpc) is 2.80. The van der Waals surface area contributed by atoms with Crippen molar-refractivity contribution in [1.82, 2.24) is 14.7 Å². The fraction of sp³-hybridized carbons (Fsp3) is 0.667. The van der Waals surface area contributed by atoms with Crippen LogP contribution in [-0.4, -0.2) is 29.8 Å². The van der Waals surface area contributed by atoms with Crippen LogP contribution in [0.5, 0.6) is 0 Å². The van der Waals surface area contributed by atoms with Crippen molar-refractivity contribution in [3.8, 4) is 0 Å². The van der Waals surface area contributed by atoms with Crippen LogP contribution in [0, 0.1) is 0 Å². The Bertz CT molecular complexity index is 404. The number of aromatic nitrogens is 2. The third kappa shape index (κ3) is 2.75. The van der Waals surface area contributed by atoms with Gasteiger partial charge in [-0.3, -0.25) is 0 Å². The lowest BCUT2D eigenvalue weighted by atomic mass is 9.97. The van der Waals surface area contributed by atoms with E-state index in [1.807, 2.05) is 13.8 Å². The van der Waals surface area contributed by atoms with Gasteiger partial charge in [-0.2, -0.15) is 0 Å². The second-order valence-electron chi connectivity index (χ2n) is 3.64. The predicted octanol–water partition coefficient (Wildman–Crippen LogP) is 1.49. The molecule has 0 aromatic carbocycles. The number of hydrogen-bond acceptors (Lipinski definition) is 3. The van der Waals surface area contributed by atoms with Crippen molar-refractivity contribution in [1.29, 1.82) is 0 Å². The molecule has 0 spiro atoms. The summed E-state index contributed by atoms with van der Waals surface area (Å²) in [7, 11) is -3.56. The number of hydrogen-bond donors (Lipinski definition) is 2. The molecule has 0 aliphatic carbocycles. The maximum atomic E-state index is 11.9. The molecule has 0 amide bonds. The molecule has 0 saturated heterocycles. The topological polar surface area (TPSA) is 74.8 Å². The average molecular weight is 266 g/mol. The monoisotopic (exact) mass is 265 g/mol. The zero-order valence-electron chi connectivity index (χ0n) is 9.33. The highest BCUT2D eigenvalue weighted by Crippen LogP contribution is 2.20. The van der Waals surface area contributed by atoms with Crippen LogP contribution in [-0.2, 0) is 10.0 Å². The predicted molar refractivity (Wildman–Crippen MR) is 62.9 cm³/mol. The molecule has 0 radical (unpaired) electrons. The van der Waals surface area contributed by atoms with Gasteiger partial charge in [0.15, 0.2) is 5.03 Å². The lowest BCUT2D eigenvalue weighted by molar-refractivity contribution is 0.393. The van der Waals surface area contributed by atoms with Crippen molar-refractivity contribution in [3.63, 3.8) is 0 Å². The van der Waals surface area contributed by atoms with Crippen molar-refractivity contribution < 1.29 is 8.42 Å². The second-order valence-corrected chi connectivity index (χ2v) is 5.56. The Kier molecular flexibility index (Phi) is 4.35. The van der Waals surface area contributed by atoms with E-state index in [4.69, 9.17) is 11.6 Å². The van der Waals surface area contributed by atoms with Crippen LogP contribution in [0.2, 0.25) is 0 Å². The van der Waals surface area contributed by atoms with E-state index >= 15 is 0 Å². The summed E-state index contributed by atoms with van der Waals surface area (Å²) in [5, 5.41) is 0.0592. The highest BCUT2D eigenvalue weighted by molar-refractivity contribution is 7.89. The normalized spacial score (nSPS) is 12.9. The van der Waals surface area contributed by atoms with E-state index in [0.717, 1.165) is 0 Å². The molecule has 0 saturated carbocycles. The number of alkyl halides is 1. The van der Waals surface area contributed by atoms with Crippen LogP contribution in [0.25, 0.3) is 0 Å². The van der Waals surface area contributed by atoms with Crippen molar-refractivity contribution in [2.24, 2.45) is 0 Å². The maximum Gasteiger partial charge on any atom is 0.258 e. The van der Waals surface area contributed by atoms with Gasteiger partial charge in [0.05, 0.1) is 12.5 Å². The van der Waals surface area contributed by atoms with E-state index in [1.165, 1.54) is 12.5 Å². The van der Waals surface area contributed by atoms with Gasteiger partial charge in [-0.15, -0.1) is 11.6 Å². The van der Waals surface area contributed by atoms with E-state index in [2.05, 4.69) is 14.7 Å². The Hall–Kier alpha value is -0.590. The van der Waals surface area contributed by atoms with Crippen LogP contribution in [0.4, 0.5) is 0 Å². The van der Waals surface area contributed by atoms with E-state index in [-0.39, 0.29) is 10.9 Å². The van der Waals surface area contributed by atoms with Gasteiger partial charge in [0.1, 0.15) is 0 Å². The number of nitrogens with zero attached hydrogens (tertiary/aromatic N) is 1. The molecule has 0 unspecified atom stereocenters. The zero-order chi connectivity index (χ0) is 12.2. The molecule has 0 aliphatic rings. The molecule has 1 aromatic heterocycles. The van der Waals surface area contributed by atoms with E-state index in [0.29, 0.717) is 12.8 Å². The quantitative estimate of drug-likeness (QED) is 0.765. The SMILES string of the molecule is CCC(CC)(CCl)NS(=O)(=O)c1cnc[nH]1. The Morgan fingerprint density at radius 1 is 1.50 bits per heavy atom. The first-order chi connectivity index (χ1) is 7.49. The summed E-state index contributed by atoms with van der Waals surface area (Å²) in [5.74, 6) is 0.243. The van der Waals surface area contributed by atoms with Crippen molar-refractivity contribution in [2.75, 3.05) is 5.88 Å². The molecule has 1 heterocycles. The van der Waals surface area contributed by atoms with Crippen molar-refractivity contribution >= 4 is 21.6 Å². The summed E-state index contributed by atoms with van der Waals surface area (Å²) >= 11 is 5.84. The first-order valence-electron chi connectivity index (χ1n) is 5.08. The van der Waals surface area contributed by atoms with Gasteiger partial charge in [0, 0.05) is 11.4 Å². The molecule has 1 aromatic rings. The number of rotatable bonds is 6. The third-order valence-corrected chi connectivity index (χ3v) is 4.74. The zero-order valence-corrected chi connectivity index (χ0v) is 10.9. The smallest absolute Gasteiger partial charge is 0.258 e. The van der Waals surface area contributed by atoms with Crippen LogP contribution in [0.3, 0.4) is 0 Å². The molecule has 92 valence electrons. The lowest BCUT2D eigenvalue weighted by Gasteiger charge is -2.29. The minimum Gasteiger partial charge on any atom is -0.335 e. The molecule has 16 heavy (non-hydrogen) atoms. The van der Waals surface area contributed by atoms with Crippen LogP contribution >= 0.6 is 11.6 Å². The lowest BCUT2D eigenvalue weighted by Crippen LogP contribution is -2.49. The van der Waals surface area contributed by atoms with Crippen LogP contribution in [0.15, 0.2) is 17.6 Å². The number of imidazole rings is 1. The molecule has 0 atom stereocenters. The molecule has 0 bridgehead atoms. The highest BCUT2D eigenvalue weighted by atomic mass is 35.5. The third-order valence-electron chi connectivity index (χ3n) is 2.72. The Morgan fingerprint density at radius 2 is 2.12 bits per heavy atom. The van der Waals surface area contributed by atoms with E-state index in [1.54, 1.807) is 0 Å². The summed E-state index contributed by atoms with van der Waals surface area (Å²) in [6.07, 6.45) is 3.88. The number of H-pyrrole nitrogens is 1. The summed E-state index contributed by atoms with van der Waals surface area (Å²) in [4.78, 5) is 6.26. The highest BCUT2D eigenvalue weighted by Gasteiger charge is 2.31. The molecular formula is C9H16ClN3O2S. The number of sulfonamides is 1. The number of nitrogens with one attached hydrogen (secondary N) is 2. The van der Waals surface area contributed by atoms with E-state index in [9.17, 15) is 8.42 Å². The van der Waals surface area contributed by atoms with Gasteiger partial charge in [0.2, 0.25) is 0 Å². The molecular weight excluding hydrogens is 250 g/mol.